The van der Waals surface area contributed by atoms with Gasteiger partial charge in [-0.15, -0.1) is 0 Å². The van der Waals surface area contributed by atoms with E-state index >= 15 is 0 Å². The van der Waals surface area contributed by atoms with E-state index in [2.05, 4.69) is 0 Å². The zero-order valence-electron chi connectivity index (χ0n) is 14.6. The van der Waals surface area contributed by atoms with Crippen LogP contribution in [-0.4, -0.2) is 65.9 Å². The highest BCUT2D eigenvalue weighted by Crippen LogP contribution is 2.22. The van der Waals surface area contributed by atoms with E-state index < -0.39 is 16.0 Å². The fourth-order valence-electron chi connectivity index (χ4n) is 2.91. The van der Waals surface area contributed by atoms with Crippen LogP contribution in [0.4, 0.5) is 0 Å². The van der Waals surface area contributed by atoms with Gasteiger partial charge in [0.2, 0.25) is 10.0 Å². The molecule has 0 unspecified atom stereocenters. The van der Waals surface area contributed by atoms with Gasteiger partial charge in [-0.3, -0.25) is 9.59 Å². The van der Waals surface area contributed by atoms with Gasteiger partial charge in [-0.1, -0.05) is 6.42 Å². The summed E-state index contributed by atoms with van der Waals surface area (Å²) in [4.78, 5) is 24.6. The van der Waals surface area contributed by atoms with Crippen LogP contribution in [0.15, 0.2) is 17.2 Å². The van der Waals surface area contributed by atoms with E-state index in [9.17, 15) is 18.0 Å². The van der Waals surface area contributed by atoms with Crippen LogP contribution in [0.1, 0.15) is 42.6 Å². The van der Waals surface area contributed by atoms with Crippen molar-refractivity contribution < 1.29 is 23.1 Å². The van der Waals surface area contributed by atoms with E-state index in [-0.39, 0.29) is 22.9 Å². The van der Waals surface area contributed by atoms with Crippen LogP contribution in [0.2, 0.25) is 0 Å². The zero-order valence-corrected chi connectivity index (χ0v) is 15.5. The van der Waals surface area contributed by atoms with Crippen molar-refractivity contribution in [1.29, 1.82) is 0 Å². The summed E-state index contributed by atoms with van der Waals surface area (Å²) in [5.74, 6) is -1.23. The van der Waals surface area contributed by atoms with Gasteiger partial charge in [0.25, 0.3) is 5.91 Å². The first-order valence-electron chi connectivity index (χ1n) is 8.37. The van der Waals surface area contributed by atoms with Gasteiger partial charge >= 0.3 is 5.97 Å². The Morgan fingerprint density at radius 1 is 1.24 bits per heavy atom. The van der Waals surface area contributed by atoms with E-state index in [0.717, 1.165) is 19.3 Å². The minimum atomic E-state index is -3.59. The molecule has 0 saturated carbocycles. The molecule has 0 bridgehead atoms. The maximum absolute atomic E-state index is 12.7. The van der Waals surface area contributed by atoms with E-state index in [0.29, 0.717) is 26.1 Å². The number of aryl methyl sites for hydroxylation is 1. The van der Waals surface area contributed by atoms with E-state index in [1.165, 1.54) is 26.0 Å². The molecule has 1 aromatic heterocycles. The Bertz CT molecular complexity index is 735. The van der Waals surface area contributed by atoms with E-state index in [1.54, 1.807) is 14.1 Å². The van der Waals surface area contributed by atoms with Crippen LogP contribution in [0.3, 0.4) is 0 Å². The van der Waals surface area contributed by atoms with Gasteiger partial charge in [0.05, 0.1) is 0 Å². The molecule has 0 aromatic carbocycles. The van der Waals surface area contributed by atoms with Gasteiger partial charge in [-0.05, 0) is 25.3 Å². The summed E-state index contributed by atoms with van der Waals surface area (Å²) in [6.45, 7) is 1.32. The summed E-state index contributed by atoms with van der Waals surface area (Å²) in [5, 5.41) is 8.66. The van der Waals surface area contributed by atoms with Crippen LogP contribution in [0, 0.1) is 0 Å². The molecule has 0 spiro atoms. The average Bonchev–Trinajstić information content (AvgIpc) is 2.97. The highest BCUT2D eigenvalue weighted by molar-refractivity contribution is 7.89. The number of carboxylic acid groups (broad SMARTS) is 1. The number of amides is 1. The van der Waals surface area contributed by atoms with Gasteiger partial charge in [0, 0.05) is 46.3 Å². The van der Waals surface area contributed by atoms with Crippen molar-refractivity contribution in [2.45, 2.75) is 37.0 Å². The highest BCUT2D eigenvalue weighted by atomic mass is 32.2. The third-order valence-electron chi connectivity index (χ3n) is 4.38. The number of sulfonamides is 1. The third-order valence-corrected chi connectivity index (χ3v) is 6.25. The molecule has 1 amide bonds. The topological polar surface area (TPSA) is 99.9 Å². The number of aliphatic carboxylic acids is 1. The molecule has 0 radical (unpaired) electrons. The monoisotopic (exact) mass is 371 g/mol. The summed E-state index contributed by atoms with van der Waals surface area (Å²) in [5.41, 5.74) is 0.272. The molecule has 1 N–H and O–H groups in total. The molecule has 1 aliphatic heterocycles. The van der Waals surface area contributed by atoms with Crippen molar-refractivity contribution in [2.24, 2.45) is 7.05 Å². The maximum atomic E-state index is 12.7. The number of hydrogen-bond acceptors (Lipinski definition) is 4. The Kier molecular flexibility index (Phi) is 6.23. The Morgan fingerprint density at radius 3 is 2.48 bits per heavy atom. The van der Waals surface area contributed by atoms with Gasteiger partial charge in [-0.2, -0.15) is 4.31 Å². The Balaban J connectivity index is 2.13. The Hall–Kier alpha value is -1.87. The molecule has 1 saturated heterocycles. The number of piperidine rings is 1. The van der Waals surface area contributed by atoms with Crippen molar-refractivity contribution >= 4 is 21.9 Å². The van der Waals surface area contributed by atoms with Crippen LogP contribution >= 0.6 is 0 Å². The number of nitrogens with zero attached hydrogens (tertiary/aromatic N) is 3. The number of aromatic nitrogens is 1. The fraction of sp³-hybridized carbons (Fsp3) is 0.625. The molecule has 8 nitrogen and oxygen atoms in total. The predicted octanol–water partition coefficient (Wildman–Crippen LogP) is 1.14. The molecule has 2 rings (SSSR count). The summed E-state index contributed by atoms with van der Waals surface area (Å²) >= 11 is 0. The molecular weight excluding hydrogens is 346 g/mol. The number of carbonyl (C=O) groups is 2. The highest BCUT2D eigenvalue weighted by Gasteiger charge is 2.29. The zero-order chi connectivity index (χ0) is 18.6. The fourth-order valence-corrected chi connectivity index (χ4v) is 4.50. The molecule has 2 heterocycles. The van der Waals surface area contributed by atoms with Gasteiger partial charge in [0.1, 0.15) is 10.6 Å². The van der Waals surface area contributed by atoms with Crippen molar-refractivity contribution in [3.05, 3.63) is 18.0 Å². The predicted molar refractivity (Wildman–Crippen MR) is 91.9 cm³/mol. The third kappa shape index (κ3) is 4.60. The van der Waals surface area contributed by atoms with Crippen molar-refractivity contribution in [1.82, 2.24) is 13.8 Å². The van der Waals surface area contributed by atoms with Crippen LogP contribution in [0.5, 0.6) is 0 Å². The Labute approximate surface area is 148 Å². The summed E-state index contributed by atoms with van der Waals surface area (Å²) < 4.78 is 28.4. The molecule has 1 aliphatic rings. The molecular formula is C16H25N3O5S. The summed E-state index contributed by atoms with van der Waals surface area (Å²) in [6, 6.07) is 1.40. The lowest BCUT2D eigenvalue weighted by Gasteiger charge is -2.25. The lowest BCUT2D eigenvalue weighted by molar-refractivity contribution is -0.137. The van der Waals surface area contributed by atoms with Crippen LogP contribution < -0.4 is 0 Å². The van der Waals surface area contributed by atoms with Gasteiger partial charge < -0.3 is 14.6 Å². The second kappa shape index (κ2) is 8.01. The molecule has 1 fully saturated rings. The first kappa shape index (κ1) is 19.5. The molecule has 9 heteroatoms. The van der Waals surface area contributed by atoms with E-state index in [4.69, 9.17) is 5.11 Å². The number of carboxylic acids is 1. The molecule has 1 aromatic rings. The van der Waals surface area contributed by atoms with Crippen LogP contribution in [0.25, 0.3) is 0 Å². The molecule has 25 heavy (non-hydrogen) atoms. The summed E-state index contributed by atoms with van der Waals surface area (Å²) in [6.07, 6.45) is 4.53. The normalized spacial score (nSPS) is 15.9. The molecule has 140 valence electrons. The first-order valence-corrected chi connectivity index (χ1v) is 9.81. The average molecular weight is 371 g/mol. The van der Waals surface area contributed by atoms with Crippen molar-refractivity contribution in [3.63, 3.8) is 0 Å². The lowest BCUT2D eigenvalue weighted by Crippen LogP contribution is -2.35. The number of carbonyl (C=O) groups excluding carboxylic acids is 1. The van der Waals surface area contributed by atoms with Gasteiger partial charge in [0.15, 0.2) is 0 Å². The van der Waals surface area contributed by atoms with Gasteiger partial charge in [-0.25, -0.2) is 8.42 Å². The molecule has 0 atom stereocenters. The first-order chi connectivity index (χ1) is 11.7. The standard InChI is InChI=1S/C16H25N3O5S/c1-17(8-6-7-15(20)21)16(22)14-11-13(12-18(14)2)25(23,24)19-9-4-3-5-10-19/h11-12H,3-10H2,1-2H3,(H,20,21). The smallest absolute Gasteiger partial charge is 0.303 e. The Morgan fingerprint density at radius 2 is 1.88 bits per heavy atom. The number of rotatable bonds is 7. The SMILES string of the molecule is CN(CCCC(=O)O)C(=O)c1cc(S(=O)(=O)N2CCCCC2)cn1C. The van der Waals surface area contributed by atoms with Crippen molar-refractivity contribution in [2.75, 3.05) is 26.7 Å². The summed E-state index contributed by atoms with van der Waals surface area (Å²) in [7, 11) is -0.375. The molecule has 0 aliphatic carbocycles. The minimum Gasteiger partial charge on any atom is -0.481 e. The second-order valence-electron chi connectivity index (χ2n) is 6.36. The van der Waals surface area contributed by atoms with E-state index in [1.807, 2.05) is 0 Å². The quantitative estimate of drug-likeness (QED) is 0.775. The van der Waals surface area contributed by atoms with Crippen LogP contribution in [-0.2, 0) is 21.9 Å². The van der Waals surface area contributed by atoms with Crippen molar-refractivity contribution in [3.8, 4) is 0 Å². The second-order valence-corrected chi connectivity index (χ2v) is 8.30. The minimum absolute atomic E-state index is 0.0145. The largest absolute Gasteiger partial charge is 0.481 e. The maximum Gasteiger partial charge on any atom is 0.303 e. The lowest BCUT2D eigenvalue weighted by atomic mass is 10.2. The number of hydrogen-bond donors (Lipinski definition) is 1.